The molecule has 1 aromatic rings. The molecule has 0 bridgehead atoms. The lowest BCUT2D eigenvalue weighted by atomic mass is 10.3. The zero-order valence-corrected chi connectivity index (χ0v) is 12.8. The number of nitrogens with zero attached hydrogens (tertiary/aromatic N) is 2. The van der Waals surface area contributed by atoms with Crippen LogP contribution in [0.5, 0.6) is 0 Å². The fraction of sp³-hybridized carbons (Fsp3) is 0.500. The van der Waals surface area contributed by atoms with E-state index in [9.17, 15) is 8.42 Å². The lowest BCUT2D eigenvalue weighted by Crippen LogP contribution is -2.79. The molecule has 20 heavy (non-hydrogen) atoms. The molecule has 0 aromatic carbocycles. The zero-order chi connectivity index (χ0) is 14.8. The Morgan fingerprint density at radius 2 is 2.20 bits per heavy atom. The number of thiazole rings is 1. The fourth-order valence-corrected chi connectivity index (χ4v) is 4.46. The van der Waals surface area contributed by atoms with Crippen molar-refractivity contribution in [2.75, 3.05) is 5.75 Å². The first kappa shape index (κ1) is 15.5. The lowest BCUT2D eigenvalue weighted by Gasteiger charge is -2.39. The van der Waals surface area contributed by atoms with Gasteiger partial charge in [-0.25, -0.2) is 4.98 Å². The van der Waals surface area contributed by atoms with Crippen molar-refractivity contribution >= 4 is 44.4 Å². The van der Waals surface area contributed by atoms with Gasteiger partial charge in [0.1, 0.15) is 5.79 Å². The van der Waals surface area contributed by atoms with Gasteiger partial charge in [0.15, 0.2) is 5.96 Å². The van der Waals surface area contributed by atoms with Crippen LogP contribution in [0.2, 0.25) is 0 Å². The standard InChI is InChI=1S/C8H15N7O2S3/c9-6(10)13-7-12-5(4-19-7)3-18-2-1-8(11)14-20(16,17)15-8/h4,14-15H,1-3,11H2,(H4,9,10,12,13). The van der Waals surface area contributed by atoms with Crippen LogP contribution < -0.4 is 26.6 Å². The highest BCUT2D eigenvalue weighted by Crippen LogP contribution is 2.23. The molecule has 1 aliphatic heterocycles. The maximum Gasteiger partial charge on any atom is 0.282 e. The van der Waals surface area contributed by atoms with E-state index in [1.807, 2.05) is 5.38 Å². The van der Waals surface area contributed by atoms with Gasteiger partial charge >= 0.3 is 0 Å². The number of hydrogen-bond donors (Lipinski definition) is 5. The minimum absolute atomic E-state index is 0.0213. The fourth-order valence-electron chi connectivity index (χ4n) is 1.52. The Bertz CT molecular complexity index is 595. The predicted octanol–water partition coefficient (Wildman–Crippen LogP) is -1.28. The molecule has 0 atom stereocenters. The number of guanidine groups is 1. The Balaban J connectivity index is 1.71. The third kappa shape index (κ3) is 4.29. The molecular formula is C8H15N7O2S3. The first-order chi connectivity index (χ1) is 9.28. The van der Waals surface area contributed by atoms with Gasteiger partial charge in [0, 0.05) is 17.6 Å². The minimum atomic E-state index is -3.37. The van der Waals surface area contributed by atoms with Gasteiger partial charge in [-0.1, -0.05) is 0 Å². The Hall–Kier alpha value is -0.920. The number of nitrogens with one attached hydrogen (secondary N) is 2. The second-order valence-corrected chi connectivity index (χ2v) is 7.50. The van der Waals surface area contributed by atoms with Crippen molar-refractivity contribution in [1.29, 1.82) is 0 Å². The topological polar surface area (TPSA) is 162 Å². The molecule has 1 aromatic heterocycles. The molecule has 8 N–H and O–H groups in total. The van der Waals surface area contributed by atoms with Crippen LogP contribution in [-0.4, -0.2) is 30.9 Å². The molecule has 0 aliphatic carbocycles. The number of aromatic nitrogens is 1. The normalized spacial score (nSPS) is 19.2. The van der Waals surface area contributed by atoms with Crippen LogP contribution in [0.4, 0.5) is 5.13 Å². The van der Waals surface area contributed by atoms with Gasteiger partial charge in [0.05, 0.1) is 5.69 Å². The highest BCUT2D eigenvalue weighted by molar-refractivity contribution is 7.98. The largest absolute Gasteiger partial charge is 0.370 e. The van der Waals surface area contributed by atoms with Crippen molar-refractivity contribution in [1.82, 2.24) is 14.4 Å². The van der Waals surface area contributed by atoms with Gasteiger partial charge in [-0.05, 0) is 5.75 Å². The maximum atomic E-state index is 10.9. The van der Waals surface area contributed by atoms with Crippen molar-refractivity contribution in [3.05, 3.63) is 11.1 Å². The number of thioether (sulfide) groups is 1. The zero-order valence-electron chi connectivity index (χ0n) is 10.4. The SMILES string of the molecule is NC(N)=Nc1nc(CSCCC2(N)NS(=O)(=O)N2)cs1. The number of aliphatic imine (C=N–C) groups is 1. The van der Waals surface area contributed by atoms with Crippen molar-refractivity contribution in [3.63, 3.8) is 0 Å². The number of hydrogen-bond acceptors (Lipinski definition) is 7. The van der Waals surface area contributed by atoms with E-state index < -0.39 is 16.0 Å². The van der Waals surface area contributed by atoms with E-state index in [2.05, 4.69) is 19.4 Å². The van der Waals surface area contributed by atoms with Crippen molar-refractivity contribution in [2.45, 2.75) is 18.0 Å². The summed E-state index contributed by atoms with van der Waals surface area (Å²) in [6.45, 7) is 0. The van der Waals surface area contributed by atoms with Crippen LogP contribution in [0.1, 0.15) is 12.1 Å². The molecule has 9 nitrogen and oxygen atoms in total. The Kier molecular flexibility index (Phi) is 4.51. The molecule has 0 saturated carbocycles. The molecular weight excluding hydrogens is 322 g/mol. The van der Waals surface area contributed by atoms with Crippen molar-refractivity contribution in [2.24, 2.45) is 22.2 Å². The maximum absolute atomic E-state index is 10.9. The molecule has 12 heteroatoms. The quantitative estimate of drug-likeness (QED) is 0.245. The van der Waals surface area contributed by atoms with Gasteiger partial charge in [0.25, 0.3) is 10.2 Å². The van der Waals surface area contributed by atoms with E-state index in [0.717, 1.165) is 5.69 Å². The van der Waals surface area contributed by atoms with E-state index in [4.69, 9.17) is 17.2 Å². The predicted molar refractivity (Wildman–Crippen MR) is 80.5 cm³/mol. The first-order valence-corrected chi connectivity index (χ1v) is 9.03. The second-order valence-electron chi connectivity index (χ2n) is 4.14. The van der Waals surface area contributed by atoms with Crippen LogP contribution in [0.15, 0.2) is 10.4 Å². The molecule has 1 aliphatic rings. The van der Waals surface area contributed by atoms with Gasteiger partial charge < -0.3 is 11.5 Å². The van der Waals surface area contributed by atoms with Gasteiger partial charge in [-0.2, -0.15) is 34.6 Å². The summed E-state index contributed by atoms with van der Waals surface area (Å²) in [6, 6.07) is 0. The lowest BCUT2D eigenvalue weighted by molar-refractivity contribution is 0.301. The van der Waals surface area contributed by atoms with Gasteiger partial charge in [-0.3, -0.25) is 5.73 Å². The molecule has 0 amide bonds. The summed E-state index contributed by atoms with van der Waals surface area (Å²) in [4.78, 5) is 8.08. The summed E-state index contributed by atoms with van der Waals surface area (Å²) >= 11 is 2.95. The van der Waals surface area contributed by atoms with Gasteiger partial charge in [0.2, 0.25) is 5.13 Å². The monoisotopic (exact) mass is 337 g/mol. The molecule has 2 rings (SSSR count). The van der Waals surface area contributed by atoms with Crippen LogP contribution in [0.25, 0.3) is 0 Å². The molecule has 2 heterocycles. The van der Waals surface area contributed by atoms with Crippen LogP contribution in [0.3, 0.4) is 0 Å². The second kappa shape index (κ2) is 5.83. The average molecular weight is 337 g/mol. The summed E-state index contributed by atoms with van der Waals surface area (Å²) in [5, 5.41) is 2.39. The Morgan fingerprint density at radius 1 is 1.50 bits per heavy atom. The van der Waals surface area contributed by atoms with Crippen molar-refractivity contribution in [3.8, 4) is 0 Å². The smallest absolute Gasteiger partial charge is 0.282 e. The summed E-state index contributed by atoms with van der Waals surface area (Å²) < 4.78 is 26.4. The Morgan fingerprint density at radius 3 is 2.80 bits per heavy atom. The third-order valence-electron chi connectivity index (χ3n) is 2.29. The molecule has 112 valence electrons. The van der Waals surface area contributed by atoms with Crippen LogP contribution in [-0.2, 0) is 16.0 Å². The highest BCUT2D eigenvalue weighted by Gasteiger charge is 2.43. The summed E-state index contributed by atoms with van der Waals surface area (Å²) in [5.41, 5.74) is 17.1. The molecule has 1 fully saturated rings. The molecule has 0 radical (unpaired) electrons. The summed E-state index contributed by atoms with van der Waals surface area (Å²) in [6.07, 6.45) is 0.474. The van der Waals surface area contributed by atoms with Crippen molar-refractivity contribution < 1.29 is 8.42 Å². The van der Waals surface area contributed by atoms with E-state index in [-0.39, 0.29) is 5.96 Å². The minimum Gasteiger partial charge on any atom is -0.370 e. The Labute approximate surface area is 124 Å². The van der Waals surface area contributed by atoms with E-state index in [0.29, 0.717) is 23.1 Å². The van der Waals surface area contributed by atoms with Crippen LogP contribution >= 0.6 is 23.1 Å². The first-order valence-electron chi connectivity index (χ1n) is 5.51. The van der Waals surface area contributed by atoms with Crippen LogP contribution in [0, 0.1) is 0 Å². The number of rotatable bonds is 6. The summed E-state index contributed by atoms with van der Waals surface area (Å²) in [7, 11) is -3.37. The number of nitrogens with two attached hydrogens (primary N) is 3. The third-order valence-corrected chi connectivity index (χ3v) is 5.33. The summed E-state index contributed by atoms with van der Waals surface area (Å²) in [5.74, 6) is 0.310. The molecule has 0 unspecified atom stereocenters. The highest BCUT2D eigenvalue weighted by atomic mass is 32.2. The molecule has 0 spiro atoms. The van der Waals surface area contributed by atoms with E-state index in [1.165, 1.54) is 11.3 Å². The van der Waals surface area contributed by atoms with Gasteiger partial charge in [-0.15, -0.1) is 11.3 Å². The molecule has 1 saturated heterocycles. The van der Waals surface area contributed by atoms with E-state index >= 15 is 0 Å². The average Bonchev–Trinajstić information content (AvgIpc) is 2.68. The van der Waals surface area contributed by atoms with E-state index in [1.54, 1.807) is 11.8 Å².